The maximum Gasteiger partial charge on any atom is 0.328 e. The lowest BCUT2D eigenvalue weighted by atomic mass is 10.0. The molecule has 2 heterocycles. The highest BCUT2D eigenvalue weighted by Gasteiger charge is 2.43. The molecule has 0 unspecified atom stereocenters. The van der Waals surface area contributed by atoms with Crippen molar-refractivity contribution < 1.29 is 23.9 Å². The topological polar surface area (TPSA) is 109 Å². The van der Waals surface area contributed by atoms with Gasteiger partial charge in [-0.1, -0.05) is 60.7 Å². The monoisotopic (exact) mass is 509 g/mol. The molecule has 38 heavy (non-hydrogen) atoms. The minimum Gasteiger partial charge on any atom is -0.464 e. The number of H-pyrrole nitrogens is 1. The van der Waals surface area contributed by atoms with E-state index in [1.54, 1.807) is 37.4 Å². The van der Waals surface area contributed by atoms with Gasteiger partial charge < -0.3 is 15.0 Å². The van der Waals surface area contributed by atoms with Crippen LogP contribution in [0.4, 0.5) is 0 Å². The molecule has 5 rings (SSSR count). The van der Waals surface area contributed by atoms with E-state index in [2.05, 4.69) is 10.3 Å². The first-order valence-corrected chi connectivity index (χ1v) is 12.5. The highest BCUT2D eigenvalue weighted by molar-refractivity contribution is 6.23. The lowest BCUT2D eigenvalue weighted by Crippen LogP contribution is -2.55. The number of hydrogen-bond acceptors (Lipinski definition) is 5. The Kier molecular flexibility index (Phi) is 7.04. The first-order chi connectivity index (χ1) is 18.5. The largest absolute Gasteiger partial charge is 0.464 e. The molecule has 0 bridgehead atoms. The molecule has 192 valence electrons. The van der Waals surface area contributed by atoms with Gasteiger partial charge in [0.1, 0.15) is 12.1 Å². The van der Waals surface area contributed by atoms with E-state index in [1.165, 1.54) is 0 Å². The minimum atomic E-state index is -1.16. The molecule has 8 heteroatoms. The van der Waals surface area contributed by atoms with E-state index >= 15 is 0 Å². The number of nitrogens with one attached hydrogen (secondary N) is 2. The minimum absolute atomic E-state index is 0.0980. The first-order valence-electron chi connectivity index (χ1n) is 12.5. The van der Waals surface area contributed by atoms with Crippen molar-refractivity contribution in [2.24, 2.45) is 0 Å². The fourth-order valence-electron chi connectivity index (χ4n) is 4.85. The number of aromatic amines is 1. The van der Waals surface area contributed by atoms with Crippen molar-refractivity contribution in [1.82, 2.24) is 15.2 Å². The number of fused-ring (bicyclic) bond motifs is 2. The lowest BCUT2D eigenvalue weighted by molar-refractivity contribution is -0.147. The number of para-hydroxylation sites is 1. The van der Waals surface area contributed by atoms with Crippen molar-refractivity contribution in [1.29, 1.82) is 0 Å². The molecule has 0 radical (unpaired) electrons. The van der Waals surface area contributed by atoms with Gasteiger partial charge in [0.2, 0.25) is 5.91 Å². The summed E-state index contributed by atoms with van der Waals surface area (Å²) in [6, 6.07) is 21.1. The zero-order valence-corrected chi connectivity index (χ0v) is 20.8. The Morgan fingerprint density at radius 3 is 2.18 bits per heavy atom. The normalized spacial score (nSPS) is 14.3. The van der Waals surface area contributed by atoms with Crippen LogP contribution in [0.25, 0.3) is 10.9 Å². The summed E-state index contributed by atoms with van der Waals surface area (Å²) in [5.41, 5.74) is 3.02. The number of carbonyl (C=O) groups is 4. The number of rotatable bonds is 9. The van der Waals surface area contributed by atoms with E-state index in [0.717, 1.165) is 26.9 Å². The quantitative estimate of drug-likeness (QED) is 0.264. The van der Waals surface area contributed by atoms with Crippen molar-refractivity contribution in [3.63, 3.8) is 0 Å². The first kappa shape index (κ1) is 25.0. The van der Waals surface area contributed by atoms with Crippen molar-refractivity contribution in [2.45, 2.75) is 31.8 Å². The van der Waals surface area contributed by atoms with Crippen molar-refractivity contribution in [3.8, 4) is 0 Å². The molecule has 0 saturated carbocycles. The van der Waals surface area contributed by atoms with Gasteiger partial charge in [0.05, 0.1) is 17.7 Å². The Balaban J connectivity index is 1.46. The van der Waals surface area contributed by atoms with Crippen LogP contribution in [0.2, 0.25) is 0 Å². The summed E-state index contributed by atoms with van der Waals surface area (Å²) in [5.74, 6) is -2.27. The van der Waals surface area contributed by atoms with Crippen LogP contribution in [0.3, 0.4) is 0 Å². The summed E-state index contributed by atoms with van der Waals surface area (Å²) in [6.45, 7) is 1.84. The number of benzene rings is 3. The number of esters is 1. The van der Waals surface area contributed by atoms with E-state index < -0.39 is 35.8 Å². The maximum absolute atomic E-state index is 13.8. The zero-order chi connectivity index (χ0) is 26.6. The Morgan fingerprint density at radius 1 is 0.868 bits per heavy atom. The van der Waals surface area contributed by atoms with Crippen molar-refractivity contribution in [3.05, 3.63) is 107 Å². The van der Waals surface area contributed by atoms with Gasteiger partial charge >= 0.3 is 5.97 Å². The number of ether oxygens (including phenoxy) is 1. The second-order valence-corrected chi connectivity index (χ2v) is 9.11. The zero-order valence-electron chi connectivity index (χ0n) is 20.8. The number of amides is 3. The third-order valence-electron chi connectivity index (χ3n) is 6.70. The number of carbonyl (C=O) groups excluding carboxylic acids is 4. The van der Waals surface area contributed by atoms with Crippen LogP contribution in [0, 0.1) is 0 Å². The van der Waals surface area contributed by atoms with Gasteiger partial charge in [0, 0.05) is 29.9 Å². The number of aromatic nitrogens is 1. The third kappa shape index (κ3) is 4.80. The van der Waals surface area contributed by atoms with Gasteiger partial charge in [0.25, 0.3) is 11.8 Å². The molecule has 3 aromatic carbocycles. The van der Waals surface area contributed by atoms with E-state index in [0.29, 0.717) is 0 Å². The molecule has 0 spiro atoms. The summed E-state index contributed by atoms with van der Waals surface area (Å²) in [6.07, 6.45) is 2.07. The predicted molar refractivity (Wildman–Crippen MR) is 141 cm³/mol. The second-order valence-electron chi connectivity index (χ2n) is 9.11. The molecular weight excluding hydrogens is 482 g/mol. The molecular formula is C30H27N3O5. The highest BCUT2D eigenvalue weighted by Crippen LogP contribution is 2.26. The van der Waals surface area contributed by atoms with Gasteiger partial charge in [-0.2, -0.15) is 0 Å². The molecule has 4 aromatic rings. The average Bonchev–Trinajstić information content (AvgIpc) is 3.46. The van der Waals surface area contributed by atoms with Gasteiger partial charge in [-0.05, 0) is 36.2 Å². The molecule has 0 saturated heterocycles. The smallest absolute Gasteiger partial charge is 0.328 e. The van der Waals surface area contributed by atoms with Crippen LogP contribution in [0.5, 0.6) is 0 Å². The molecule has 8 nitrogen and oxygen atoms in total. The summed E-state index contributed by atoms with van der Waals surface area (Å²) in [4.78, 5) is 57.5. The summed E-state index contributed by atoms with van der Waals surface area (Å²) in [5, 5.41) is 3.72. The summed E-state index contributed by atoms with van der Waals surface area (Å²) in [7, 11) is 0. The number of imide groups is 1. The van der Waals surface area contributed by atoms with Gasteiger partial charge in [-0.15, -0.1) is 0 Å². The van der Waals surface area contributed by atoms with E-state index in [9.17, 15) is 19.2 Å². The van der Waals surface area contributed by atoms with Crippen LogP contribution in [-0.4, -0.2) is 52.3 Å². The van der Waals surface area contributed by atoms with Crippen molar-refractivity contribution in [2.75, 3.05) is 6.61 Å². The molecule has 1 aliphatic heterocycles. The Labute approximate surface area is 219 Å². The van der Waals surface area contributed by atoms with Crippen LogP contribution in [0.15, 0.2) is 85.1 Å². The van der Waals surface area contributed by atoms with Crippen LogP contribution < -0.4 is 5.32 Å². The second kappa shape index (κ2) is 10.7. The Hall–Kier alpha value is -4.72. The molecule has 2 atom stereocenters. The van der Waals surface area contributed by atoms with E-state index in [1.807, 2.05) is 54.6 Å². The standard InChI is InChI=1S/C30H27N3O5/c1-2-38-30(37)25(17-20-18-31-24-15-9-8-12-21(20)24)32-27(34)26(16-19-10-4-3-5-11-19)33-28(35)22-13-6-7-14-23(22)29(33)36/h3-15,18,25-26,31H,2,16-17H2,1H3,(H,32,34)/t25-,26-/m1/s1. The number of hydrogen-bond donors (Lipinski definition) is 2. The summed E-state index contributed by atoms with van der Waals surface area (Å²) >= 11 is 0. The fraction of sp³-hybridized carbons (Fsp3) is 0.200. The number of nitrogens with zero attached hydrogens (tertiary/aromatic N) is 1. The van der Waals surface area contributed by atoms with Crippen molar-refractivity contribution >= 4 is 34.6 Å². The average molecular weight is 510 g/mol. The van der Waals surface area contributed by atoms with Gasteiger partial charge in [0.15, 0.2) is 0 Å². The molecule has 0 fully saturated rings. The lowest BCUT2D eigenvalue weighted by Gasteiger charge is -2.27. The maximum atomic E-state index is 13.8. The fourth-order valence-corrected chi connectivity index (χ4v) is 4.85. The molecule has 1 aromatic heterocycles. The van der Waals surface area contributed by atoms with Crippen LogP contribution in [0.1, 0.15) is 38.8 Å². The van der Waals surface area contributed by atoms with Crippen LogP contribution in [-0.2, 0) is 27.2 Å². The summed E-state index contributed by atoms with van der Waals surface area (Å²) < 4.78 is 5.27. The molecule has 0 aliphatic carbocycles. The van der Waals surface area contributed by atoms with E-state index in [-0.39, 0.29) is 30.6 Å². The Bertz CT molecular complexity index is 1480. The van der Waals surface area contributed by atoms with Crippen LogP contribution >= 0.6 is 0 Å². The highest BCUT2D eigenvalue weighted by atomic mass is 16.5. The Morgan fingerprint density at radius 2 is 1.50 bits per heavy atom. The third-order valence-corrected chi connectivity index (χ3v) is 6.70. The predicted octanol–water partition coefficient (Wildman–Crippen LogP) is 3.67. The molecule has 2 N–H and O–H groups in total. The molecule has 3 amide bonds. The van der Waals surface area contributed by atoms with Gasteiger partial charge in [-0.3, -0.25) is 19.3 Å². The SMILES string of the molecule is CCOC(=O)[C@@H](Cc1c[nH]c2ccccc12)NC(=O)[C@@H](Cc1ccccc1)N1C(=O)c2ccccc2C1=O. The molecule has 1 aliphatic rings. The van der Waals surface area contributed by atoms with E-state index in [4.69, 9.17) is 4.74 Å². The van der Waals surface area contributed by atoms with Gasteiger partial charge in [-0.25, -0.2) is 4.79 Å².